The first-order chi connectivity index (χ1) is 10.3. The van der Waals surface area contributed by atoms with Crippen molar-refractivity contribution in [3.05, 3.63) is 24.3 Å². The molecule has 0 saturated heterocycles. The molecule has 2 bridgehead atoms. The van der Waals surface area contributed by atoms with Gasteiger partial charge in [0.2, 0.25) is 0 Å². The van der Waals surface area contributed by atoms with Crippen LogP contribution in [0, 0.1) is 11.8 Å². The van der Waals surface area contributed by atoms with Gasteiger partial charge in [-0.3, -0.25) is 0 Å². The summed E-state index contributed by atoms with van der Waals surface area (Å²) in [5.74, 6) is -0.155. The average Bonchev–Trinajstić information content (AvgIpc) is 3.09. The molecule has 120 valence electrons. The van der Waals surface area contributed by atoms with Gasteiger partial charge in [0.25, 0.3) is 0 Å². The van der Waals surface area contributed by atoms with E-state index in [1.54, 1.807) is 13.8 Å². The Balaban J connectivity index is 1.97. The van der Waals surface area contributed by atoms with Gasteiger partial charge >= 0.3 is 11.9 Å². The van der Waals surface area contributed by atoms with Crippen molar-refractivity contribution < 1.29 is 19.1 Å². The Labute approximate surface area is 131 Å². The summed E-state index contributed by atoms with van der Waals surface area (Å²) in [4.78, 5) is 24.4. The lowest BCUT2D eigenvalue weighted by molar-refractivity contribution is -0.215. The molecule has 0 amide bonds. The van der Waals surface area contributed by atoms with E-state index in [1.165, 1.54) is 0 Å². The first-order valence-corrected chi connectivity index (χ1v) is 8.10. The van der Waals surface area contributed by atoms with Crippen molar-refractivity contribution in [1.29, 1.82) is 0 Å². The van der Waals surface area contributed by atoms with Crippen LogP contribution in [0.2, 0.25) is 0 Å². The summed E-state index contributed by atoms with van der Waals surface area (Å²) < 4.78 is 11.9. The molecule has 4 unspecified atom stereocenters. The molecule has 3 aliphatic carbocycles. The fraction of sp³-hybridized carbons (Fsp3) is 0.667. The molecule has 4 heteroatoms. The molecule has 0 N–H and O–H groups in total. The lowest BCUT2D eigenvalue weighted by Crippen LogP contribution is -2.59. The molecule has 3 aliphatic rings. The SMILES string of the molecule is C=C(C)C(=O)OC12CCCC1(OC(=O)C(=C)C)C1CCC2C1. The van der Waals surface area contributed by atoms with E-state index in [-0.39, 0.29) is 11.9 Å². The second-order valence-corrected chi connectivity index (χ2v) is 7.18. The van der Waals surface area contributed by atoms with Crippen molar-refractivity contribution in [3.8, 4) is 0 Å². The molecule has 0 heterocycles. The smallest absolute Gasteiger partial charge is 0.333 e. The highest BCUT2D eigenvalue weighted by Crippen LogP contribution is 2.66. The van der Waals surface area contributed by atoms with Gasteiger partial charge in [-0.15, -0.1) is 0 Å². The van der Waals surface area contributed by atoms with E-state index >= 15 is 0 Å². The predicted octanol–water partition coefficient (Wildman–Crippen LogP) is 3.32. The van der Waals surface area contributed by atoms with Crippen LogP contribution in [0.25, 0.3) is 0 Å². The van der Waals surface area contributed by atoms with Gasteiger partial charge in [-0.2, -0.15) is 0 Å². The number of hydrogen-bond acceptors (Lipinski definition) is 4. The first kappa shape index (κ1) is 15.3. The normalized spacial score (nSPS) is 38.5. The van der Waals surface area contributed by atoms with Gasteiger partial charge in [-0.05, 0) is 52.4 Å². The molecule has 0 aromatic carbocycles. The number of carbonyl (C=O) groups excluding carboxylic acids is 2. The Kier molecular flexibility index (Phi) is 3.46. The quantitative estimate of drug-likeness (QED) is 0.590. The summed E-state index contributed by atoms with van der Waals surface area (Å²) in [5, 5.41) is 0. The van der Waals surface area contributed by atoms with Crippen LogP contribution in [-0.4, -0.2) is 23.1 Å². The van der Waals surface area contributed by atoms with Crippen molar-refractivity contribution in [3.63, 3.8) is 0 Å². The van der Waals surface area contributed by atoms with Crippen LogP contribution < -0.4 is 0 Å². The third-order valence-electron chi connectivity index (χ3n) is 5.81. The summed E-state index contributed by atoms with van der Waals surface area (Å²) in [6.07, 6.45) is 5.53. The van der Waals surface area contributed by atoms with E-state index in [9.17, 15) is 9.59 Å². The molecule has 0 spiro atoms. The largest absolute Gasteiger partial charge is 0.451 e. The minimum Gasteiger partial charge on any atom is -0.451 e. The molecule has 3 rings (SSSR count). The lowest BCUT2D eigenvalue weighted by Gasteiger charge is -2.47. The van der Waals surface area contributed by atoms with Crippen molar-refractivity contribution >= 4 is 11.9 Å². The van der Waals surface area contributed by atoms with Crippen molar-refractivity contribution in [2.45, 2.75) is 63.6 Å². The Bertz CT molecular complexity index is 515. The summed E-state index contributed by atoms with van der Waals surface area (Å²) in [7, 11) is 0. The first-order valence-electron chi connectivity index (χ1n) is 8.10. The van der Waals surface area contributed by atoms with E-state index < -0.39 is 11.2 Å². The maximum absolute atomic E-state index is 12.2. The van der Waals surface area contributed by atoms with Crippen molar-refractivity contribution in [1.82, 2.24) is 0 Å². The zero-order valence-electron chi connectivity index (χ0n) is 13.4. The average molecular weight is 304 g/mol. The van der Waals surface area contributed by atoms with Gasteiger partial charge in [0, 0.05) is 23.0 Å². The van der Waals surface area contributed by atoms with E-state index in [4.69, 9.17) is 9.47 Å². The molecule has 0 aromatic heterocycles. The van der Waals surface area contributed by atoms with E-state index in [0.29, 0.717) is 23.0 Å². The minimum atomic E-state index is -0.656. The molecule has 22 heavy (non-hydrogen) atoms. The van der Waals surface area contributed by atoms with E-state index in [0.717, 1.165) is 38.5 Å². The second-order valence-electron chi connectivity index (χ2n) is 7.18. The Morgan fingerprint density at radius 3 is 1.68 bits per heavy atom. The molecule has 0 aliphatic heterocycles. The number of esters is 2. The van der Waals surface area contributed by atoms with Crippen molar-refractivity contribution in [2.75, 3.05) is 0 Å². The molecule has 0 aromatic rings. The fourth-order valence-corrected chi connectivity index (χ4v) is 4.91. The summed E-state index contributed by atoms with van der Waals surface area (Å²) in [6, 6.07) is 0. The molecule has 3 fully saturated rings. The van der Waals surface area contributed by atoms with Gasteiger partial charge in [0.15, 0.2) is 11.2 Å². The van der Waals surface area contributed by atoms with Gasteiger partial charge in [-0.25, -0.2) is 9.59 Å². The molecule has 4 nitrogen and oxygen atoms in total. The highest BCUT2D eigenvalue weighted by Gasteiger charge is 2.74. The Morgan fingerprint density at radius 2 is 1.32 bits per heavy atom. The standard InChI is InChI=1S/C18H24O4/c1-11(2)15(19)21-17-8-5-9-18(17,22-16(20)12(3)4)14-7-6-13(17)10-14/h13-14H,1,3,5-10H2,2,4H3. The molecule has 0 radical (unpaired) electrons. The summed E-state index contributed by atoms with van der Waals surface area (Å²) in [6.45, 7) is 10.7. The van der Waals surface area contributed by atoms with Crippen LogP contribution >= 0.6 is 0 Å². The number of ether oxygens (including phenoxy) is 2. The van der Waals surface area contributed by atoms with Crippen LogP contribution in [0.5, 0.6) is 0 Å². The third kappa shape index (κ3) is 1.89. The zero-order valence-corrected chi connectivity index (χ0v) is 13.4. The topological polar surface area (TPSA) is 52.6 Å². The highest BCUT2D eigenvalue weighted by atomic mass is 16.6. The van der Waals surface area contributed by atoms with Crippen LogP contribution in [0.3, 0.4) is 0 Å². The van der Waals surface area contributed by atoms with Gasteiger partial charge < -0.3 is 9.47 Å². The van der Waals surface area contributed by atoms with Gasteiger partial charge in [0.1, 0.15) is 0 Å². The maximum atomic E-state index is 12.2. The van der Waals surface area contributed by atoms with E-state index in [2.05, 4.69) is 13.2 Å². The predicted molar refractivity (Wildman–Crippen MR) is 82.0 cm³/mol. The molecular formula is C18H24O4. The van der Waals surface area contributed by atoms with Crippen LogP contribution in [0.4, 0.5) is 0 Å². The number of hydrogen-bond donors (Lipinski definition) is 0. The maximum Gasteiger partial charge on any atom is 0.333 e. The molecule has 4 atom stereocenters. The minimum absolute atomic E-state index is 0.293. The van der Waals surface area contributed by atoms with Crippen LogP contribution in [0.15, 0.2) is 24.3 Å². The Morgan fingerprint density at radius 1 is 0.909 bits per heavy atom. The highest BCUT2D eigenvalue weighted by molar-refractivity contribution is 5.88. The molecule has 3 saturated carbocycles. The van der Waals surface area contributed by atoms with Gasteiger partial charge in [-0.1, -0.05) is 13.2 Å². The fourth-order valence-electron chi connectivity index (χ4n) is 4.91. The van der Waals surface area contributed by atoms with Gasteiger partial charge in [0.05, 0.1) is 0 Å². The van der Waals surface area contributed by atoms with Crippen molar-refractivity contribution in [2.24, 2.45) is 11.8 Å². The zero-order chi connectivity index (χ0) is 16.1. The van der Waals surface area contributed by atoms with E-state index in [1.807, 2.05) is 0 Å². The molecular weight excluding hydrogens is 280 g/mol. The number of rotatable bonds is 4. The van der Waals surface area contributed by atoms with Crippen LogP contribution in [0.1, 0.15) is 52.4 Å². The number of fused-ring (bicyclic) bond motifs is 5. The number of carbonyl (C=O) groups is 2. The lowest BCUT2D eigenvalue weighted by atomic mass is 9.73. The monoisotopic (exact) mass is 304 g/mol. The second kappa shape index (κ2) is 4.97. The summed E-state index contributed by atoms with van der Waals surface area (Å²) in [5.41, 5.74) is -0.526. The van der Waals surface area contributed by atoms with Crippen LogP contribution in [-0.2, 0) is 19.1 Å². The Hall–Kier alpha value is -1.58. The summed E-state index contributed by atoms with van der Waals surface area (Å²) >= 11 is 0. The third-order valence-corrected chi connectivity index (χ3v) is 5.81.